The second-order valence-electron chi connectivity index (χ2n) is 2.62. The summed E-state index contributed by atoms with van der Waals surface area (Å²) in [4.78, 5) is 21.6. The number of methoxy groups -OCH3 is 1. The van der Waals surface area contributed by atoms with E-state index in [0.717, 1.165) is 0 Å². The minimum Gasteiger partial charge on any atom is -0.478 e. The molecule has 2 N–H and O–H groups in total. The maximum Gasteiger partial charge on any atom is 0.411 e. The molecule has 5 nitrogen and oxygen atoms in total. The lowest BCUT2D eigenvalue weighted by atomic mass is 10.2. The van der Waals surface area contributed by atoms with Crippen molar-refractivity contribution in [3.8, 4) is 0 Å². The molecule has 0 saturated heterocycles. The fraction of sp³-hybridized carbons (Fsp3) is 0.111. The van der Waals surface area contributed by atoms with Gasteiger partial charge in [-0.25, -0.2) is 9.59 Å². The van der Waals surface area contributed by atoms with Crippen molar-refractivity contribution in [2.24, 2.45) is 0 Å². The molecule has 1 amide bonds. The first-order valence-electron chi connectivity index (χ1n) is 3.92. The Balaban J connectivity index is 2.97. The van der Waals surface area contributed by atoms with Crippen molar-refractivity contribution in [2.75, 3.05) is 12.4 Å². The van der Waals surface area contributed by atoms with Gasteiger partial charge in [-0.3, -0.25) is 5.32 Å². The van der Waals surface area contributed by atoms with E-state index in [4.69, 9.17) is 5.11 Å². The van der Waals surface area contributed by atoms with Crippen LogP contribution in [-0.2, 0) is 4.74 Å². The second-order valence-corrected chi connectivity index (χ2v) is 3.47. The molecular formula is C9H8BrNO4. The molecule has 0 aliphatic rings. The van der Waals surface area contributed by atoms with Gasteiger partial charge in [0.15, 0.2) is 0 Å². The molecule has 1 rings (SSSR count). The number of benzene rings is 1. The van der Waals surface area contributed by atoms with E-state index in [2.05, 4.69) is 26.0 Å². The summed E-state index contributed by atoms with van der Waals surface area (Å²) in [5.74, 6) is -1.07. The highest BCUT2D eigenvalue weighted by molar-refractivity contribution is 9.10. The van der Waals surface area contributed by atoms with Crippen molar-refractivity contribution >= 4 is 33.7 Å². The average Bonchev–Trinajstić information content (AvgIpc) is 2.20. The molecule has 0 spiro atoms. The van der Waals surface area contributed by atoms with Crippen LogP contribution < -0.4 is 5.32 Å². The zero-order valence-corrected chi connectivity index (χ0v) is 9.37. The van der Waals surface area contributed by atoms with Crippen molar-refractivity contribution in [3.05, 3.63) is 28.2 Å². The summed E-state index contributed by atoms with van der Waals surface area (Å²) in [6.45, 7) is 0. The van der Waals surface area contributed by atoms with E-state index < -0.39 is 12.1 Å². The Morgan fingerprint density at radius 1 is 1.47 bits per heavy atom. The number of anilines is 1. The van der Waals surface area contributed by atoms with Crippen LogP contribution in [-0.4, -0.2) is 24.3 Å². The van der Waals surface area contributed by atoms with Gasteiger partial charge in [0.25, 0.3) is 0 Å². The Morgan fingerprint density at radius 3 is 2.67 bits per heavy atom. The number of nitrogens with one attached hydrogen (secondary N) is 1. The summed E-state index contributed by atoms with van der Waals surface area (Å²) in [5.41, 5.74) is 0.436. The molecule has 1 aromatic carbocycles. The van der Waals surface area contributed by atoms with E-state index in [1.807, 2.05) is 0 Å². The van der Waals surface area contributed by atoms with Gasteiger partial charge in [-0.2, -0.15) is 0 Å². The molecule has 1 aromatic rings. The Labute approximate surface area is 94.2 Å². The number of ether oxygens (including phenoxy) is 1. The number of halogens is 1. The van der Waals surface area contributed by atoms with Crippen LogP contribution in [0.25, 0.3) is 0 Å². The summed E-state index contributed by atoms with van der Waals surface area (Å²) < 4.78 is 4.82. The van der Waals surface area contributed by atoms with E-state index >= 15 is 0 Å². The van der Waals surface area contributed by atoms with Crippen LogP contribution in [0.4, 0.5) is 10.5 Å². The number of carbonyl (C=O) groups is 2. The third-order valence-electron chi connectivity index (χ3n) is 1.63. The SMILES string of the molecule is COC(=O)Nc1ccc(Br)c(C(=O)O)c1. The van der Waals surface area contributed by atoms with Gasteiger partial charge in [0.05, 0.1) is 12.7 Å². The Kier molecular flexibility index (Phi) is 3.68. The number of carboxylic acid groups (broad SMARTS) is 1. The number of aromatic carboxylic acids is 1. The Morgan fingerprint density at radius 2 is 2.13 bits per heavy atom. The Bertz CT molecular complexity index is 405. The first-order chi connectivity index (χ1) is 7.04. The molecule has 0 fully saturated rings. The molecule has 80 valence electrons. The van der Waals surface area contributed by atoms with E-state index in [0.29, 0.717) is 10.2 Å². The lowest BCUT2D eigenvalue weighted by Crippen LogP contribution is -2.11. The third kappa shape index (κ3) is 2.95. The first-order valence-corrected chi connectivity index (χ1v) is 4.71. The van der Waals surface area contributed by atoms with Gasteiger partial charge in [0.1, 0.15) is 0 Å². The summed E-state index contributed by atoms with van der Waals surface area (Å²) in [6.07, 6.45) is -0.645. The van der Waals surface area contributed by atoms with Crippen molar-refractivity contribution in [1.29, 1.82) is 0 Å². The van der Waals surface area contributed by atoms with Crippen LogP contribution in [0.3, 0.4) is 0 Å². The molecule has 0 atom stereocenters. The average molecular weight is 274 g/mol. The lowest BCUT2D eigenvalue weighted by molar-refractivity contribution is 0.0696. The minimum absolute atomic E-state index is 0.0731. The largest absolute Gasteiger partial charge is 0.478 e. The summed E-state index contributed by atoms with van der Waals surface area (Å²) in [7, 11) is 1.23. The zero-order chi connectivity index (χ0) is 11.4. The van der Waals surface area contributed by atoms with Gasteiger partial charge < -0.3 is 9.84 Å². The Hall–Kier alpha value is -1.56. The topological polar surface area (TPSA) is 75.6 Å². The minimum atomic E-state index is -1.07. The van der Waals surface area contributed by atoms with Gasteiger partial charge in [-0.15, -0.1) is 0 Å². The number of hydrogen-bond donors (Lipinski definition) is 2. The van der Waals surface area contributed by atoms with Gasteiger partial charge in [-0.05, 0) is 34.1 Å². The first kappa shape index (κ1) is 11.5. The molecule has 0 radical (unpaired) electrons. The van der Waals surface area contributed by atoms with Crippen molar-refractivity contribution in [3.63, 3.8) is 0 Å². The van der Waals surface area contributed by atoms with E-state index in [1.165, 1.54) is 19.2 Å². The number of hydrogen-bond acceptors (Lipinski definition) is 3. The number of rotatable bonds is 2. The number of carboxylic acids is 1. The van der Waals surface area contributed by atoms with Crippen molar-refractivity contribution in [1.82, 2.24) is 0 Å². The molecule has 0 aliphatic heterocycles. The van der Waals surface area contributed by atoms with Crippen molar-refractivity contribution in [2.45, 2.75) is 0 Å². The highest BCUT2D eigenvalue weighted by atomic mass is 79.9. The van der Waals surface area contributed by atoms with Gasteiger partial charge in [-0.1, -0.05) is 0 Å². The zero-order valence-electron chi connectivity index (χ0n) is 7.78. The summed E-state index contributed by atoms with van der Waals surface area (Å²) in [5, 5.41) is 11.2. The van der Waals surface area contributed by atoms with E-state index in [1.54, 1.807) is 6.07 Å². The molecule has 0 bridgehead atoms. The maximum atomic E-state index is 10.9. The van der Waals surface area contributed by atoms with E-state index in [9.17, 15) is 9.59 Å². The number of carbonyl (C=O) groups excluding carboxylic acids is 1. The maximum absolute atomic E-state index is 10.9. The predicted octanol–water partition coefficient (Wildman–Crippen LogP) is 2.33. The molecule has 0 aliphatic carbocycles. The van der Waals surface area contributed by atoms with Crippen molar-refractivity contribution < 1.29 is 19.4 Å². The second kappa shape index (κ2) is 4.79. The number of amides is 1. The van der Waals surface area contributed by atoms with Crippen LogP contribution in [0.1, 0.15) is 10.4 Å². The van der Waals surface area contributed by atoms with Crippen LogP contribution in [0.2, 0.25) is 0 Å². The fourth-order valence-electron chi connectivity index (χ4n) is 0.936. The summed E-state index contributed by atoms with van der Waals surface area (Å²) >= 11 is 3.09. The smallest absolute Gasteiger partial charge is 0.411 e. The van der Waals surface area contributed by atoms with Gasteiger partial charge in [0, 0.05) is 10.2 Å². The normalized spacial score (nSPS) is 9.47. The van der Waals surface area contributed by atoms with E-state index in [-0.39, 0.29) is 5.56 Å². The molecular weight excluding hydrogens is 266 g/mol. The molecule has 0 aromatic heterocycles. The molecule has 0 unspecified atom stereocenters. The monoisotopic (exact) mass is 273 g/mol. The van der Waals surface area contributed by atoms with Crippen LogP contribution in [0.15, 0.2) is 22.7 Å². The lowest BCUT2D eigenvalue weighted by Gasteiger charge is -2.05. The van der Waals surface area contributed by atoms with Crippen LogP contribution >= 0.6 is 15.9 Å². The molecule has 0 saturated carbocycles. The standard InChI is InChI=1S/C9H8BrNO4/c1-15-9(14)11-5-2-3-7(10)6(4-5)8(12)13/h2-4H,1H3,(H,11,14)(H,12,13). The summed E-state index contributed by atoms with van der Waals surface area (Å²) in [6, 6.07) is 4.44. The fourth-order valence-corrected chi connectivity index (χ4v) is 1.35. The highest BCUT2D eigenvalue weighted by Gasteiger charge is 2.10. The van der Waals surface area contributed by atoms with Gasteiger partial charge in [0.2, 0.25) is 0 Å². The highest BCUT2D eigenvalue weighted by Crippen LogP contribution is 2.21. The molecule has 0 heterocycles. The third-order valence-corrected chi connectivity index (χ3v) is 2.32. The molecule has 15 heavy (non-hydrogen) atoms. The van der Waals surface area contributed by atoms with Crippen LogP contribution in [0, 0.1) is 0 Å². The molecule has 6 heteroatoms. The predicted molar refractivity (Wildman–Crippen MR) is 57.1 cm³/mol. The van der Waals surface area contributed by atoms with Crippen LogP contribution in [0.5, 0.6) is 0 Å². The van der Waals surface area contributed by atoms with Gasteiger partial charge >= 0.3 is 12.1 Å². The quantitative estimate of drug-likeness (QED) is 0.867.